The maximum Gasteiger partial charge on any atom is 0.301 e. The van der Waals surface area contributed by atoms with E-state index < -0.39 is 62.9 Å². The highest BCUT2D eigenvalue weighted by Crippen LogP contribution is 2.33. The summed E-state index contributed by atoms with van der Waals surface area (Å²) >= 11 is 0. The van der Waals surface area contributed by atoms with Crippen LogP contribution in [-0.2, 0) is 19.8 Å². The number of alkyl halides is 1. The summed E-state index contributed by atoms with van der Waals surface area (Å²) in [5, 5.41) is 5.30. The average Bonchev–Trinajstić information content (AvgIpc) is 3.98. The van der Waals surface area contributed by atoms with Crippen molar-refractivity contribution in [2.75, 3.05) is 80.5 Å². The summed E-state index contributed by atoms with van der Waals surface area (Å²) in [7, 11) is -2.85. The maximum absolute atomic E-state index is 15.8. The minimum Gasteiger partial charge on any atom is -0.496 e. The number of nitrogens with one attached hydrogen (secondary N) is 4. The van der Waals surface area contributed by atoms with E-state index in [-0.39, 0.29) is 43.8 Å². The van der Waals surface area contributed by atoms with E-state index in [1.165, 1.54) is 13.3 Å². The number of pyridine rings is 1. The Labute approximate surface area is 385 Å². The largest absolute Gasteiger partial charge is 0.496 e. The molecule has 67 heavy (non-hydrogen) atoms. The summed E-state index contributed by atoms with van der Waals surface area (Å²) in [5.74, 6) is -3.90. The van der Waals surface area contributed by atoms with Crippen molar-refractivity contribution in [3.05, 3.63) is 101 Å². The van der Waals surface area contributed by atoms with Crippen LogP contribution in [0.4, 0.5) is 30.2 Å². The fourth-order valence-electron chi connectivity index (χ4n) is 9.36. The molecular formula is C47H50F3N9O7S. The first-order chi connectivity index (χ1) is 32.2. The van der Waals surface area contributed by atoms with E-state index in [9.17, 15) is 32.0 Å². The number of H-pyrrole nitrogens is 1. The van der Waals surface area contributed by atoms with E-state index >= 15 is 8.78 Å². The number of carbonyl (C=O) groups excluding carboxylic acids is 4. The standard InChI is InChI=1S/C47H50F3N9O7S/c1-66-40-23-33(6-7-34(40)46(62)53-39-10-11-41(60)54-47(39)63)58-20-18-56(19-21-58)26-28-12-15-57(16-13-28)32-4-2-29(3-5-32)30-22-35-36(25-52-45(35)51-24-30)44(61)42-37(49)8-9-38(43(42)50)55-67(64,65)59-17-14-31(48)27-59/h2-9,22-25,28,31,39,55H,10-21,26-27H2,1H3,(H,51,52)(H,53,62)(H,54,60,63)/t31-,39?/m1/s1. The van der Waals surface area contributed by atoms with Crippen molar-refractivity contribution >= 4 is 61.8 Å². The second kappa shape index (κ2) is 19.0. The van der Waals surface area contributed by atoms with Gasteiger partial charge >= 0.3 is 10.2 Å². The lowest BCUT2D eigenvalue weighted by Crippen LogP contribution is -2.52. The third-order valence-corrected chi connectivity index (χ3v) is 14.7. The third-order valence-electron chi connectivity index (χ3n) is 13.2. The lowest BCUT2D eigenvalue weighted by Gasteiger charge is -2.40. The van der Waals surface area contributed by atoms with E-state index in [1.54, 1.807) is 18.3 Å². The van der Waals surface area contributed by atoms with Crippen LogP contribution in [0.2, 0.25) is 0 Å². The number of imide groups is 1. The Balaban J connectivity index is 0.778. The second-order valence-corrected chi connectivity index (χ2v) is 19.1. The van der Waals surface area contributed by atoms with Crippen molar-refractivity contribution in [3.63, 3.8) is 0 Å². The molecule has 20 heteroatoms. The number of benzene rings is 3. The van der Waals surface area contributed by atoms with Gasteiger partial charge in [-0.15, -0.1) is 0 Å². The highest BCUT2D eigenvalue weighted by atomic mass is 32.2. The van der Waals surface area contributed by atoms with Crippen LogP contribution in [0, 0.1) is 17.6 Å². The highest BCUT2D eigenvalue weighted by Gasteiger charge is 2.34. The number of amides is 3. The van der Waals surface area contributed by atoms with Gasteiger partial charge in [0.05, 0.1) is 23.9 Å². The number of aromatic amines is 1. The van der Waals surface area contributed by atoms with Gasteiger partial charge in [0.25, 0.3) is 5.91 Å². The number of methoxy groups -OCH3 is 1. The van der Waals surface area contributed by atoms with Crippen molar-refractivity contribution < 1.29 is 45.5 Å². The summed E-state index contributed by atoms with van der Waals surface area (Å²) in [6.07, 6.45) is 4.11. The molecule has 4 fully saturated rings. The third kappa shape index (κ3) is 9.68. The predicted octanol–water partition coefficient (Wildman–Crippen LogP) is 5.02. The number of ether oxygens (including phenoxy) is 1. The molecule has 3 aromatic carbocycles. The molecule has 0 spiro atoms. The number of piperidine rings is 2. The molecule has 6 heterocycles. The molecule has 3 amide bonds. The van der Waals surface area contributed by atoms with Gasteiger partial charge in [0.15, 0.2) is 5.82 Å². The van der Waals surface area contributed by atoms with Gasteiger partial charge in [0, 0.05) is 112 Å². The molecule has 4 aliphatic rings. The monoisotopic (exact) mass is 941 g/mol. The quantitative estimate of drug-likeness (QED) is 0.0917. The number of hydrogen-bond donors (Lipinski definition) is 4. The number of hydrogen-bond acceptors (Lipinski definition) is 11. The molecule has 352 valence electrons. The van der Waals surface area contributed by atoms with Crippen LogP contribution in [0.15, 0.2) is 73.1 Å². The van der Waals surface area contributed by atoms with Crippen LogP contribution in [0.1, 0.15) is 58.4 Å². The Hall–Kier alpha value is -6.51. The smallest absolute Gasteiger partial charge is 0.301 e. The summed E-state index contributed by atoms with van der Waals surface area (Å²) in [5.41, 5.74) is 2.55. The van der Waals surface area contributed by atoms with Gasteiger partial charge in [-0.05, 0) is 79.6 Å². The molecule has 0 aliphatic carbocycles. The number of fused-ring (bicyclic) bond motifs is 1. The molecule has 2 aromatic heterocycles. The molecule has 2 atom stereocenters. The Bertz CT molecular complexity index is 2830. The van der Waals surface area contributed by atoms with Crippen LogP contribution in [0.5, 0.6) is 5.75 Å². The van der Waals surface area contributed by atoms with E-state index in [4.69, 9.17) is 4.74 Å². The van der Waals surface area contributed by atoms with Gasteiger partial charge in [-0.25, -0.2) is 18.2 Å². The Kier molecular flexibility index (Phi) is 12.9. The van der Waals surface area contributed by atoms with E-state index in [2.05, 4.69) is 35.3 Å². The minimum absolute atomic E-state index is 0.00104. The number of halogens is 3. The first-order valence-electron chi connectivity index (χ1n) is 22.3. The van der Waals surface area contributed by atoms with Gasteiger partial charge in [-0.3, -0.25) is 34.1 Å². The van der Waals surface area contributed by atoms with Crippen LogP contribution in [-0.4, -0.2) is 129 Å². The normalized spacial score (nSPS) is 20.0. The first kappa shape index (κ1) is 45.6. The zero-order valence-electron chi connectivity index (χ0n) is 36.7. The molecule has 4 saturated heterocycles. The Morgan fingerprint density at radius 2 is 1.58 bits per heavy atom. The highest BCUT2D eigenvalue weighted by molar-refractivity contribution is 7.90. The lowest BCUT2D eigenvalue weighted by molar-refractivity contribution is -0.134. The van der Waals surface area contributed by atoms with Crippen molar-refractivity contribution in [3.8, 4) is 16.9 Å². The molecule has 0 saturated carbocycles. The Morgan fingerprint density at radius 3 is 2.28 bits per heavy atom. The number of anilines is 3. The van der Waals surface area contributed by atoms with Crippen LogP contribution in [0.3, 0.4) is 0 Å². The fraction of sp³-hybridized carbons (Fsp3) is 0.383. The number of rotatable bonds is 13. The Morgan fingerprint density at radius 1 is 0.851 bits per heavy atom. The molecule has 9 rings (SSSR count). The van der Waals surface area contributed by atoms with Crippen molar-refractivity contribution in [1.29, 1.82) is 0 Å². The maximum atomic E-state index is 15.8. The van der Waals surface area contributed by atoms with Crippen molar-refractivity contribution in [2.24, 2.45) is 5.92 Å². The van der Waals surface area contributed by atoms with E-state index in [1.807, 2.05) is 41.1 Å². The molecule has 4 N–H and O–H groups in total. The molecule has 1 unspecified atom stereocenters. The van der Waals surface area contributed by atoms with Gasteiger partial charge < -0.3 is 24.8 Å². The zero-order valence-corrected chi connectivity index (χ0v) is 37.5. The summed E-state index contributed by atoms with van der Waals surface area (Å²) in [6, 6.07) is 16.1. The summed E-state index contributed by atoms with van der Waals surface area (Å²) < 4.78 is 78.7. The average molecular weight is 942 g/mol. The van der Waals surface area contributed by atoms with Gasteiger partial charge in [0.1, 0.15) is 29.4 Å². The number of carbonyl (C=O) groups is 4. The van der Waals surface area contributed by atoms with Crippen molar-refractivity contribution in [2.45, 2.75) is 44.3 Å². The van der Waals surface area contributed by atoms with Gasteiger partial charge in [-0.1, -0.05) is 12.1 Å². The molecule has 0 radical (unpaired) electrons. The van der Waals surface area contributed by atoms with Gasteiger partial charge in [-0.2, -0.15) is 12.7 Å². The van der Waals surface area contributed by atoms with E-state index in [0.29, 0.717) is 33.8 Å². The number of ketones is 1. The fourth-order valence-corrected chi connectivity index (χ4v) is 10.6. The minimum atomic E-state index is -4.36. The topological polar surface area (TPSA) is 189 Å². The predicted molar refractivity (Wildman–Crippen MR) is 245 cm³/mol. The molecular weight excluding hydrogens is 892 g/mol. The molecule has 0 bridgehead atoms. The van der Waals surface area contributed by atoms with Crippen LogP contribution in [0.25, 0.3) is 22.2 Å². The van der Waals surface area contributed by atoms with E-state index in [0.717, 1.165) is 92.0 Å². The molecule has 16 nitrogen and oxygen atoms in total. The SMILES string of the molecule is COc1cc(N2CCN(CC3CCN(c4ccc(-c5cnc6[nH]cc(C(=O)c7c(F)ccc(NS(=O)(=O)N8CC[C@@H](F)C8)c7F)c6c5)cc4)CC3)CC2)ccc1C(=O)NC1CCC(=O)NC1=O. The van der Waals surface area contributed by atoms with Crippen molar-refractivity contribution in [1.82, 2.24) is 29.8 Å². The molecule has 5 aromatic rings. The summed E-state index contributed by atoms with van der Waals surface area (Å²) in [6.45, 7) is 5.76. The number of piperazine rings is 1. The summed E-state index contributed by atoms with van der Waals surface area (Å²) in [4.78, 5) is 65.0. The first-order valence-corrected chi connectivity index (χ1v) is 23.8. The van der Waals surface area contributed by atoms with Gasteiger partial charge in [0.2, 0.25) is 17.6 Å². The van der Waals surface area contributed by atoms with Crippen LogP contribution < -0.4 is 29.9 Å². The van der Waals surface area contributed by atoms with Crippen LogP contribution >= 0.6 is 0 Å². The zero-order chi connectivity index (χ0) is 47.0. The molecule has 4 aliphatic heterocycles. The second-order valence-electron chi connectivity index (χ2n) is 17.4. The number of nitrogens with zero attached hydrogens (tertiary/aromatic N) is 5. The lowest BCUT2D eigenvalue weighted by atomic mass is 9.95. The number of aromatic nitrogens is 2.